The largest absolute Gasteiger partial charge is 0.493 e. The maximum Gasteiger partial charge on any atom is 0.250 e. The first-order valence-corrected chi connectivity index (χ1v) is 6.50. The number of rotatable bonds is 5. The Morgan fingerprint density at radius 3 is 2.60 bits per heavy atom. The SMILES string of the molecule is CCNC(=S)NC(=O)/C=C/c1ccc(OC)c(OC)c1. The molecule has 0 radical (unpaired) electrons. The van der Waals surface area contributed by atoms with Crippen LogP contribution in [0.3, 0.4) is 0 Å². The van der Waals surface area contributed by atoms with Crippen LogP contribution in [0.15, 0.2) is 24.3 Å². The minimum Gasteiger partial charge on any atom is -0.493 e. The molecule has 0 heterocycles. The lowest BCUT2D eigenvalue weighted by Crippen LogP contribution is -2.38. The third-order valence-electron chi connectivity index (χ3n) is 2.41. The van der Waals surface area contributed by atoms with Crippen LogP contribution in [0, 0.1) is 0 Å². The molecule has 20 heavy (non-hydrogen) atoms. The van der Waals surface area contributed by atoms with Crippen LogP contribution >= 0.6 is 12.2 Å². The number of nitrogens with one attached hydrogen (secondary N) is 2. The lowest BCUT2D eigenvalue weighted by atomic mass is 10.2. The number of methoxy groups -OCH3 is 2. The minimum atomic E-state index is -0.286. The van der Waals surface area contributed by atoms with E-state index < -0.39 is 0 Å². The molecule has 0 saturated heterocycles. The molecule has 1 amide bonds. The van der Waals surface area contributed by atoms with Crippen LogP contribution in [0.25, 0.3) is 6.08 Å². The summed E-state index contributed by atoms with van der Waals surface area (Å²) in [5.41, 5.74) is 0.826. The van der Waals surface area contributed by atoms with Crippen molar-refractivity contribution in [3.8, 4) is 11.5 Å². The van der Waals surface area contributed by atoms with E-state index in [0.717, 1.165) is 5.56 Å². The van der Waals surface area contributed by atoms with Gasteiger partial charge in [0.2, 0.25) is 5.91 Å². The number of ether oxygens (including phenoxy) is 2. The molecule has 0 atom stereocenters. The van der Waals surface area contributed by atoms with E-state index in [-0.39, 0.29) is 5.91 Å². The van der Waals surface area contributed by atoms with Crippen molar-refractivity contribution in [1.82, 2.24) is 10.6 Å². The maximum absolute atomic E-state index is 11.6. The predicted octanol–water partition coefficient (Wildman–Crippen LogP) is 1.73. The van der Waals surface area contributed by atoms with Gasteiger partial charge in [-0.25, -0.2) is 0 Å². The first-order chi connectivity index (χ1) is 9.60. The number of carbonyl (C=O) groups excluding carboxylic acids is 1. The molecule has 0 fully saturated rings. The molecule has 0 spiro atoms. The van der Waals surface area contributed by atoms with Crippen molar-refractivity contribution in [2.24, 2.45) is 0 Å². The van der Waals surface area contributed by atoms with Gasteiger partial charge in [0, 0.05) is 12.6 Å². The average Bonchev–Trinajstić information content (AvgIpc) is 2.44. The van der Waals surface area contributed by atoms with Crippen LogP contribution in [0.5, 0.6) is 11.5 Å². The summed E-state index contributed by atoms with van der Waals surface area (Å²) in [6.07, 6.45) is 3.08. The summed E-state index contributed by atoms with van der Waals surface area (Å²) in [6, 6.07) is 5.39. The summed E-state index contributed by atoms with van der Waals surface area (Å²) < 4.78 is 10.3. The standard InChI is InChI=1S/C14H18N2O3S/c1-4-15-14(20)16-13(17)8-6-10-5-7-11(18-2)12(9-10)19-3/h5-9H,4H2,1-3H3,(H2,15,16,17,20)/b8-6+. The zero-order chi connectivity index (χ0) is 15.0. The van der Waals surface area contributed by atoms with Crippen LogP contribution in [0.4, 0.5) is 0 Å². The molecule has 0 aliphatic heterocycles. The van der Waals surface area contributed by atoms with Gasteiger partial charge in [-0.05, 0) is 42.9 Å². The zero-order valence-electron chi connectivity index (χ0n) is 11.7. The highest BCUT2D eigenvalue weighted by Crippen LogP contribution is 2.27. The predicted molar refractivity (Wildman–Crippen MR) is 83.0 cm³/mol. The first-order valence-electron chi connectivity index (χ1n) is 6.09. The van der Waals surface area contributed by atoms with Crippen molar-refractivity contribution >= 4 is 29.3 Å². The number of thiocarbonyl (C=S) groups is 1. The van der Waals surface area contributed by atoms with Gasteiger partial charge in [-0.2, -0.15) is 0 Å². The highest BCUT2D eigenvalue weighted by Gasteiger charge is 2.03. The van der Waals surface area contributed by atoms with Crippen molar-refractivity contribution in [3.05, 3.63) is 29.8 Å². The normalized spacial score (nSPS) is 10.2. The van der Waals surface area contributed by atoms with Crippen molar-refractivity contribution in [1.29, 1.82) is 0 Å². The Balaban J connectivity index is 2.70. The summed E-state index contributed by atoms with van der Waals surface area (Å²) in [6.45, 7) is 2.57. The van der Waals surface area contributed by atoms with E-state index in [2.05, 4.69) is 10.6 Å². The Labute approximate surface area is 124 Å². The molecule has 5 nitrogen and oxygen atoms in total. The molecule has 2 N–H and O–H groups in total. The fraction of sp³-hybridized carbons (Fsp3) is 0.286. The Hall–Kier alpha value is -2.08. The second-order valence-electron chi connectivity index (χ2n) is 3.80. The van der Waals surface area contributed by atoms with Gasteiger partial charge in [-0.15, -0.1) is 0 Å². The fourth-order valence-corrected chi connectivity index (χ4v) is 1.73. The second kappa shape index (κ2) is 8.16. The van der Waals surface area contributed by atoms with E-state index in [0.29, 0.717) is 23.2 Å². The van der Waals surface area contributed by atoms with E-state index >= 15 is 0 Å². The van der Waals surface area contributed by atoms with Gasteiger partial charge >= 0.3 is 0 Å². The Kier molecular flexibility index (Phi) is 6.52. The van der Waals surface area contributed by atoms with Crippen LogP contribution in [0.1, 0.15) is 12.5 Å². The number of carbonyl (C=O) groups is 1. The Morgan fingerprint density at radius 1 is 1.30 bits per heavy atom. The maximum atomic E-state index is 11.6. The molecule has 1 aromatic rings. The molecule has 0 aliphatic rings. The third kappa shape index (κ3) is 4.89. The summed E-state index contributed by atoms with van der Waals surface area (Å²) in [4.78, 5) is 11.6. The molecule has 0 bridgehead atoms. The smallest absolute Gasteiger partial charge is 0.250 e. The van der Waals surface area contributed by atoms with E-state index in [1.165, 1.54) is 6.08 Å². The summed E-state index contributed by atoms with van der Waals surface area (Å²) in [7, 11) is 3.13. The molecule has 0 unspecified atom stereocenters. The molecule has 0 saturated carbocycles. The van der Waals surface area contributed by atoms with Crippen molar-refractivity contribution in [3.63, 3.8) is 0 Å². The fourth-order valence-electron chi connectivity index (χ4n) is 1.49. The monoisotopic (exact) mass is 294 g/mol. The highest BCUT2D eigenvalue weighted by molar-refractivity contribution is 7.80. The molecule has 6 heteroatoms. The lowest BCUT2D eigenvalue weighted by Gasteiger charge is -2.07. The molecule has 0 aliphatic carbocycles. The number of hydrogen-bond acceptors (Lipinski definition) is 4. The van der Waals surface area contributed by atoms with Crippen LogP contribution in [-0.2, 0) is 4.79 Å². The van der Waals surface area contributed by atoms with Gasteiger partial charge in [0.25, 0.3) is 0 Å². The van der Waals surface area contributed by atoms with Crippen molar-refractivity contribution < 1.29 is 14.3 Å². The van der Waals surface area contributed by atoms with Crippen LogP contribution < -0.4 is 20.1 Å². The molecule has 1 rings (SSSR count). The summed E-state index contributed by atoms with van der Waals surface area (Å²) >= 11 is 4.92. The topological polar surface area (TPSA) is 59.6 Å². The van der Waals surface area contributed by atoms with Crippen LogP contribution in [0.2, 0.25) is 0 Å². The van der Waals surface area contributed by atoms with E-state index in [4.69, 9.17) is 21.7 Å². The zero-order valence-corrected chi connectivity index (χ0v) is 12.5. The van der Waals surface area contributed by atoms with Crippen LogP contribution in [-0.4, -0.2) is 31.8 Å². The number of hydrogen-bond donors (Lipinski definition) is 2. The lowest BCUT2D eigenvalue weighted by molar-refractivity contribution is -0.115. The van der Waals surface area contributed by atoms with Gasteiger partial charge in [0.05, 0.1) is 14.2 Å². The van der Waals surface area contributed by atoms with Crippen molar-refractivity contribution in [2.45, 2.75) is 6.92 Å². The van der Waals surface area contributed by atoms with E-state index in [1.54, 1.807) is 32.4 Å². The van der Waals surface area contributed by atoms with E-state index in [1.807, 2.05) is 13.0 Å². The van der Waals surface area contributed by atoms with Gasteiger partial charge in [-0.1, -0.05) is 6.07 Å². The molecular weight excluding hydrogens is 276 g/mol. The first kappa shape index (κ1) is 16.0. The Morgan fingerprint density at radius 2 is 2.00 bits per heavy atom. The number of benzene rings is 1. The molecule has 108 valence electrons. The van der Waals surface area contributed by atoms with Gasteiger partial charge in [0.15, 0.2) is 16.6 Å². The average molecular weight is 294 g/mol. The molecular formula is C14H18N2O3S. The summed E-state index contributed by atoms with van der Waals surface area (Å²) in [5.74, 6) is 0.964. The minimum absolute atomic E-state index is 0.286. The van der Waals surface area contributed by atoms with E-state index in [9.17, 15) is 4.79 Å². The van der Waals surface area contributed by atoms with Crippen molar-refractivity contribution in [2.75, 3.05) is 20.8 Å². The molecule has 1 aromatic carbocycles. The number of amides is 1. The quantitative estimate of drug-likeness (QED) is 0.640. The van der Waals surface area contributed by atoms with Gasteiger partial charge in [-0.3, -0.25) is 10.1 Å². The molecule has 0 aromatic heterocycles. The second-order valence-corrected chi connectivity index (χ2v) is 4.20. The Bertz CT molecular complexity index is 515. The summed E-state index contributed by atoms with van der Waals surface area (Å²) in [5, 5.41) is 5.69. The van der Waals surface area contributed by atoms with Gasteiger partial charge in [0.1, 0.15) is 0 Å². The van der Waals surface area contributed by atoms with Gasteiger partial charge < -0.3 is 14.8 Å². The highest BCUT2D eigenvalue weighted by atomic mass is 32.1. The third-order valence-corrected chi connectivity index (χ3v) is 2.66.